The molecule has 0 atom stereocenters. The molecule has 0 radical (unpaired) electrons. The Morgan fingerprint density at radius 1 is 1.80 bits per heavy atom. The summed E-state index contributed by atoms with van der Waals surface area (Å²) < 4.78 is 0. The fraction of sp³-hybridized carbons (Fsp3) is 0.167. The Hall–Kier alpha value is -1.63. The molecule has 0 aliphatic rings. The van der Waals surface area contributed by atoms with Crippen molar-refractivity contribution in [2.75, 3.05) is 0 Å². The lowest BCUT2D eigenvalue weighted by Gasteiger charge is -1.91. The van der Waals surface area contributed by atoms with E-state index in [1.165, 1.54) is 6.92 Å². The van der Waals surface area contributed by atoms with Crippen molar-refractivity contribution in [1.82, 2.24) is 0 Å². The third-order valence-electron chi connectivity index (χ3n) is 0.969. The van der Waals surface area contributed by atoms with E-state index >= 15 is 0 Å². The number of carbonyl (C=O) groups is 1. The van der Waals surface area contributed by atoms with Gasteiger partial charge in [-0.3, -0.25) is 4.79 Å². The molecule has 1 amide bonds. The molecule has 0 aromatic rings. The Bertz CT molecular complexity index is 234. The lowest BCUT2D eigenvalue weighted by atomic mass is 10.1. The standard InChI is InChI=1S/C6H7N3O/c1-4(2-7)5(3-8)6(9)10/h2,7H,1H3,(H2,9,10)/b5-4-,7-2?. The highest BCUT2D eigenvalue weighted by Gasteiger charge is 2.05. The highest BCUT2D eigenvalue weighted by atomic mass is 16.1. The van der Waals surface area contributed by atoms with Crippen molar-refractivity contribution in [2.45, 2.75) is 6.92 Å². The van der Waals surface area contributed by atoms with Gasteiger partial charge in [-0.15, -0.1) is 0 Å². The minimum absolute atomic E-state index is 0.157. The summed E-state index contributed by atoms with van der Waals surface area (Å²) in [5.41, 5.74) is 4.93. The summed E-state index contributed by atoms with van der Waals surface area (Å²) in [4.78, 5) is 10.4. The summed E-state index contributed by atoms with van der Waals surface area (Å²) in [5.74, 6) is -0.788. The predicted molar refractivity (Wildman–Crippen MR) is 36.3 cm³/mol. The first-order valence-electron chi connectivity index (χ1n) is 2.54. The molecule has 0 unspecified atom stereocenters. The third-order valence-corrected chi connectivity index (χ3v) is 0.969. The molecular weight excluding hydrogens is 130 g/mol. The summed E-state index contributed by atoms with van der Waals surface area (Å²) in [6.45, 7) is 1.48. The molecule has 10 heavy (non-hydrogen) atoms. The Morgan fingerprint density at radius 2 is 2.30 bits per heavy atom. The summed E-state index contributed by atoms with van der Waals surface area (Å²) in [6.07, 6.45) is 0.920. The number of rotatable bonds is 2. The van der Waals surface area contributed by atoms with Gasteiger partial charge in [0, 0.05) is 6.21 Å². The normalized spacial score (nSPS) is 11.2. The molecule has 0 bridgehead atoms. The van der Waals surface area contributed by atoms with Crippen LogP contribution in [0.2, 0.25) is 0 Å². The first-order chi connectivity index (χ1) is 4.63. The van der Waals surface area contributed by atoms with E-state index in [4.69, 9.17) is 16.4 Å². The number of amides is 1. The third kappa shape index (κ3) is 1.71. The van der Waals surface area contributed by atoms with Gasteiger partial charge in [-0.05, 0) is 12.5 Å². The van der Waals surface area contributed by atoms with Gasteiger partial charge in [0.25, 0.3) is 5.91 Å². The molecule has 0 saturated heterocycles. The van der Waals surface area contributed by atoms with E-state index in [0.717, 1.165) is 6.21 Å². The molecule has 4 heteroatoms. The van der Waals surface area contributed by atoms with Crippen LogP contribution < -0.4 is 5.73 Å². The van der Waals surface area contributed by atoms with Gasteiger partial charge in [0.2, 0.25) is 0 Å². The number of hydrogen-bond acceptors (Lipinski definition) is 3. The monoisotopic (exact) mass is 137 g/mol. The van der Waals surface area contributed by atoms with E-state index in [-0.39, 0.29) is 11.1 Å². The highest BCUT2D eigenvalue weighted by molar-refractivity contribution is 6.01. The van der Waals surface area contributed by atoms with E-state index in [0.29, 0.717) is 0 Å². The Labute approximate surface area is 58.5 Å². The van der Waals surface area contributed by atoms with E-state index in [9.17, 15) is 4.79 Å². The molecule has 0 rings (SSSR count). The average Bonchev–Trinajstić information content (AvgIpc) is 1.88. The smallest absolute Gasteiger partial charge is 0.259 e. The first kappa shape index (κ1) is 8.37. The summed E-state index contributed by atoms with van der Waals surface area (Å²) in [7, 11) is 0. The van der Waals surface area contributed by atoms with Crippen molar-refractivity contribution in [2.24, 2.45) is 5.73 Å². The van der Waals surface area contributed by atoms with Crippen LogP contribution in [0.3, 0.4) is 0 Å². The number of hydrogen-bond donors (Lipinski definition) is 2. The van der Waals surface area contributed by atoms with Gasteiger partial charge >= 0.3 is 0 Å². The number of nitriles is 1. The van der Waals surface area contributed by atoms with Crippen LogP contribution in [-0.2, 0) is 4.79 Å². The van der Waals surface area contributed by atoms with Crippen LogP contribution in [0.25, 0.3) is 0 Å². The van der Waals surface area contributed by atoms with Gasteiger partial charge in [-0.2, -0.15) is 5.26 Å². The number of nitrogens with one attached hydrogen (secondary N) is 1. The maximum Gasteiger partial charge on any atom is 0.259 e. The fourth-order valence-corrected chi connectivity index (χ4v) is 0.410. The van der Waals surface area contributed by atoms with Gasteiger partial charge in [0.05, 0.1) is 0 Å². The van der Waals surface area contributed by atoms with Crippen LogP contribution in [0.1, 0.15) is 6.92 Å². The van der Waals surface area contributed by atoms with Crippen molar-refractivity contribution in [1.29, 1.82) is 10.7 Å². The quantitative estimate of drug-likeness (QED) is 0.317. The van der Waals surface area contributed by atoms with Crippen molar-refractivity contribution in [3.8, 4) is 6.07 Å². The van der Waals surface area contributed by atoms with Crippen LogP contribution in [0.15, 0.2) is 11.1 Å². The Kier molecular flexibility index (Phi) is 2.85. The fourth-order valence-electron chi connectivity index (χ4n) is 0.410. The van der Waals surface area contributed by atoms with E-state index in [1.54, 1.807) is 6.07 Å². The van der Waals surface area contributed by atoms with Crippen molar-refractivity contribution >= 4 is 12.1 Å². The topological polar surface area (TPSA) is 90.7 Å². The van der Waals surface area contributed by atoms with Gasteiger partial charge < -0.3 is 11.1 Å². The number of primary amides is 1. The van der Waals surface area contributed by atoms with Crippen LogP contribution >= 0.6 is 0 Å². The number of nitrogens with zero attached hydrogens (tertiary/aromatic N) is 1. The second kappa shape index (κ2) is 3.41. The molecule has 0 spiro atoms. The summed E-state index contributed by atoms with van der Waals surface area (Å²) in [5, 5.41) is 15.0. The van der Waals surface area contributed by atoms with Crippen molar-refractivity contribution < 1.29 is 4.79 Å². The van der Waals surface area contributed by atoms with Gasteiger partial charge in [0.15, 0.2) is 0 Å². The second-order valence-corrected chi connectivity index (χ2v) is 1.68. The predicted octanol–water partition coefficient (Wildman–Crippen LogP) is -0.0386. The van der Waals surface area contributed by atoms with Crippen LogP contribution in [0.4, 0.5) is 0 Å². The van der Waals surface area contributed by atoms with Crippen LogP contribution in [-0.4, -0.2) is 12.1 Å². The number of carbonyl (C=O) groups excluding carboxylic acids is 1. The summed E-state index contributed by atoms with van der Waals surface area (Å²) >= 11 is 0. The maximum absolute atomic E-state index is 10.4. The molecule has 0 fully saturated rings. The molecule has 0 heterocycles. The first-order valence-corrected chi connectivity index (χ1v) is 2.54. The zero-order chi connectivity index (χ0) is 8.15. The van der Waals surface area contributed by atoms with Gasteiger partial charge in [0.1, 0.15) is 11.6 Å². The molecule has 3 N–H and O–H groups in total. The van der Waals surface area contributed by atoms with E-state index in [2.05, 4.69) is 0 Å². The second-order valence-electron chi connectivity index (χ2n) is 1.68. The molecule has 0 aliphatic heterocycles. The van der Waals surface area contributed by atoms with Crippen molar-refractivity contribution in [3.05, 3.63) is 11.1 Å². The van der Waals surface area contributed by atoms with E-state index in [1.807, 2.05) is 0 Å². The highest BCUT2D eigenvalue weighted by Crippen LogP contribution is 1.97. The largest absolute Gasteiger partial charge is 0.365 e. The van der Waals surface area contributed by atoms with Gasteiger partial charge in [-0.1, -0.05) is 0 Å². The van der Waals surface area contributed by atoms with Crippen molar-refractivity contribution in [3.63, 3.8) is 0 Å². The number of allylic oxidation sites excluding steroid dienone is 1. The molecule has 0 aliphatic carbocycles. The van der Waals surface area contributed by atoms with Gasteiger partial charge in [-0.25, -0.2) is 0 Å². The molecule has 4 nitrogen and oxygen atoms in total. The lowest BCUT2D eigenvalue weighted by molar-refractivity contribution is -0.114. The van der Waals surface area contributed by atoms with E-state index < -0.39 is 5.91 Å². The molecule has 52 valence electrons. The molecule has 0 saturated carbocycles. The Balaban J connectivity index is 4.86. The summed E-state index contributed by atoms with van der Waals surface area (Å²) in [6, 6.07) is 1.61. The SMILES string of the molecule is C/C(C=N)=C(\C#N)C(N)=O. The maximum atomic E-state index is 10.4. The average molecular weight is 137 g/mol. The van der Waals surface area contributed by atoms with Crippen LogP contribution in [0, 0.1) is 16.7 Å². The molecular formula is C6H7N3O. The zero-order valence-corrected chi connectivity index (χ0v) is 5.51. The minimum atomic E-state index is -0.788. The zero-order valence-electron chi connectivity index (χ0n) is 5.51. The van der Waals surface area contributed by atoms with Crippen LogP contribution in [0.5, 0.6) is 0 Å². The molecule has 0 aromatic heterocycles. The Morgan fingerprint density at radius 3 is 2.40 bits per heavy atom. The number of nitrogens with two attached hydrogens (primary N) is 1. The lowest BCUT2D eigenvalue weighted by Crippen LogP contribution is -2.14. The minimum Gasteiger partial charge on any atom is -0.365 e. The molecule has 0 aromatic carbocycles.